The summed E-state index contributed by atoms with van der Waals surface area (Å²) in [5.41, 5.74) is 9.10. The van der Waals surface area contributed by atoms with E-state index >= 15 is 0 Å². The van der Waals surface area contributed by atoms with E-state index in [9.17, 15) is 4.79 Å². The molecule has 5 heteroatoms. The summed E-state index contributed by atoms with van der Waals surface area (Å²) in [5, 5.41) is 6.05. The third kappa shape index (κ3) is 4.00. The predicted octanol–water partition coefficient (Wildman–Crippen LogP) is 2.70. The van der Waals surface area contributed by atoms with Gasteiger partial charge < -0.3 is 16.4 Å². The van der Waals surface area contributed by atoms with Crippen molar-refractivity contribution in [2.24, 2.45) is 5.73 Å². The first-order chi connectivity index (χ1) is 8.43. The van der Waals surface area contributed by atoms with E-state index < -0.39 is 0 Å². The lowest BCUT2D eigenvalue weighted by Gasteiger charge is -2.14. The second-order valence-corrected chi connectivity index (χ2v) is 4.71. The van der Waals surface area contributed by atoms with Crippen LogP contribution in [0, 0.1) is 13.8 Å². The SMILES string of the molecule is CCCC(=O)Nc1c(C)cc(NC(N)=S)cc1C. The number of amides is 1. The summed E-state index contributed by atoms with van der Waals surface area (Å²) >= 11 is 4.80. The van der Waals surface area contributed by atoms with Crippen molar-refractivity contribution in [3.05, 3.63) is 23.3 Å². The number of carbonyl (C=O) groups excluding carboxylic acids is 1. The van der Waals surface area contributed by atoms with E-state index in [2.05, 4.69) is 10.6 Å². The molecule has 0 unspecified atom stereocenters. The molecule has 98 valence electrons. The van der Waals surface area contributed by atoms with E-state index in [1.54, 1.807) is 0 Å². The summed E-state index contributed by atoms with van der Waals surface area (Å²) in [4.78, 5) is 11.6. The molecular weight excluding hydrogens is 246 g/mol. The first-order valence-electron chi connectivity index (χ1n) is 5.91. The van der Waals surface area contributed by atoms with Gasteiger partial charge in [0, 0.05) is 17.8 Å². The van der Waals surface area contributed by atoms with E-state index in [1.807, 2.05) is 32.9 Å². The standard InChI is InChI=1S/C13H19N3OS/c1-4-5-11(17)16-12-8(2)6-10(7-9(12)3)15-13(14)18/h6-7H,4-5H2,1-3H3,(H,16,17)(H3,14,15,18). The Kier molecular flexibility index (Phi) is 5.09. The van der Waals surface area contributed by atoms with E-state index in [1.165, 1.54) is 0 Å². The molecule has 0 atom stereocenters. The van der Waals surface area contributed by atoms with Crippen molar-refractivity contribution in [2.75, 3.05) is 10.6 Å². The topological polar surface area (TPSA) is 67.2 Å². The third-order valence-corrected chi connectivity index (χ3v) is 2.64. The van der Waals surface area contributed by atoms with E-state index in [0.717, 1.165) is 28.9 Å². The van der Waals surface area contributed by atoms with Gasteiger partial charge in [0.1, 0.15) is 0 Å². The number of hydrogen-bond acceptors (Lipinski definition) is 2. The summed E-state index contributed by atoms with van der Waals surface area (Å²) in [7, 11) is 0. The molecule has 0 aliphatic rings. The van der Waals surface area contributed by atoms with Crippen LogP contribution in [0.25, 0.3) is 0 Å². The number of nitrogens with one attached hydrogen (secondary N) is 2. The molecule has 0 radical (unpaired) electrons. The van der Waals surface area contributed by atoms with Crippen molar-refractivity contribution >= 4 is 34.6 Å². The van der Waals surface area contributed by atoms with Crippen molar-refractivity contribution < 1.29 is 4.79 Å². The Labute approximate surface area is 113 Å². The van der Waals surface area contributed by atoms with Crippen LogP contribution >= 0.6 is 12.2 Å². The number of thiocarbonyl (C=S) groups is 1. The van der Waals surface area contributed by atoms with Crippen molar-refractivity contribution in [1.82, 2.24) is 0 Å². The molecule has 1 amide bonds. The number of benzene rings is 1. The Balaban J connectivity index is 2.94. The predicted molar refractivity (Wildman–Crippen MR) is 79.9 cm³/mol. The lowest BCUT2D eigenvalue weighted by molar-refractivity contribution is -0.116. The molecule has 0 aliphatic heterocycles. The summed E-state index contributed by atoms with van der Waals surface area (Å²) in [6.45, 7) is 5.87. The van der Waals surface area contributed by atoms with Crippen molar-refractivity contribution in [2.45, 2.75) is 33.6 Å². The molecule has 1 aromatic carbocycles. The molecule has 1 rings (SSSR count). The average Bonchev–Trinajstić information content (AvgIpc) is 2.23. The number of carbonyl (C=O) groups is 1. The Morgan fingerprint density at radius 3 is 2.28 bits per heavy atom. The Morgan fingerprint density at radius 2 is 1.83 bits per heavy atom. The zero-order valence-corrected chi connectivity index (χ0v) is 11.8. The van der Waals surface area contributed by atoms with Crippen molar-refractivity contribution in [1.29, 1.82) is 0 Å². The molecule has 18 heavy (non-hydrogen) atoms. The van der Waals surface area contributed by atoms with E-state index in [-0.39, 0.29) is 11.0 Å². The Bertz CT molecular complexity index is 448. The third-order valence-electron chi connectivity index (χ3n) is 2.54. The molecule has 0 fully saturated rings. The minimum Gasteiger partial charge on any atom is -0.376 e. The van der Waals surface area contributed by atoms with Gasteiger partial charge in [-0.25, -0.2) is 0 Å². The number of anilines is 2. The van der Waals surface area contributed by atoms with Gasteiger partial charge in [0.15, 0.2) is 5.11 Å². The van der Waals surface area contributed by atoms with Crippen LogP contribution in [0.2, 0.25) is 0 Å². The zero-order chi connectivity index (χ0) is 13.7. The number of nitrogens with two attached hydrogens (primary N) is 1. The Hall–Kier alpha value is -1.62. The fourth-order valence-electron chi connectivity index (χ4n) is 1.80. The lowest BCUT2D eigenvalue weighted by Crippen LogP contribution is -2.19. The first kappa shape index (κ1) is 14.4. The molecule has 0 aliphatic carbocycles. The molecule has 4 nitrogen and oxygen atoms in total. The first-order valence-corrected chi connectivity index (χ1v) is 6.32. The monoisotopic (exact) mass is 265 g/mol. The van der Waals surface area contributed by atoms with Gasteiger partial charge in [-0.2, -0.15) is 0 Å². The van der Waals surface area contributed by atoms with E-state index in [4.69, 9.17) is 18.0 Å². The van der Waals surface area contributed by atoms with Crippen LogP contribution in [-0.2, 0) is 4.79 Å². The molecule has 0 heterocycles. The van der Waals surface area contributed by atoms with Gasteiger partial charge in [-0.1, -0.05) is 6.92 Å². The highest BCUT2D eigenvalue weighted by Gasteiger charge is 2.08. The molecule has 0 aromatic heterocycles. The molecular formula is C13H19N3OS. The molecule has 0 spiro atoms. The van der Waals surface area contributed by atoms with Gasteiger partial charge in [0.25, 0.3) is 0 Å². The minimum atomic E-state index is 0.0405. The van der Waals surface area contributed by atoms with Crippen LogP contribution in [0.5, 0.6) is 0 Å². The van der Waals surface area contributed by atoms with Crippen LogP contribution in [0.1, 0.15) is 30.9 Å². The van der Waals surface area contributed by atoms with Gasteiger partial charge in [-0.15, -0.1) is 0 Å². The molecule has 1 aromatic rings. The number of aryl methyl sites for hydroxylation is 2. The highest BCUT2D eigenvalue weighted by Crippen LogP contribution is 2.25. The lowest BCUT2D eigenvalue weighted by atomic mass is 10.1. The highest BCUT2D eigenvalue weighted by atomic mass is 32.1. The minimum absolute atomic E-state index is 0.0405. The summed E-state index contributed by atoms with van der Waals surface area (Å²) < 4.78 is 0. The molecule has 0 bridgehead atoms. The number of rotatable bonds is 4. The second kappa shape index (κ2) is 6.35. The van der Waals surface area contributed by atoms with Gasteiger partial charge in [0.2, 0.25) is 5.91 Å². The normalized spacial score (nSPS) is 9.94. The maximum absolute atomic E-state index is 11.6. The summed E-state index contributed by atoms with van der Waals surface area (Å²) in [6, 6.07) is 3.82. The second-order valence-electron chi connectivity index (χ2n) is 4.27. The maximum Gasteiger partial charge on any atom is 0.224 e. The molecule has 4 N–H and O–H groups in total. The van der Waals surface area contributed by atoms with Crippen LogP contribution in [0.4, 0.5) is 11.4 Å². The smallest absolute Gasteiger partial charge is 0.224 e. The summed E-state index contributed by atoms with van der Waals surface area (Å²) in [5.74, 6) is 0.0405. The van der Waals surface area contributed by atoms with Crippen molar-refractivity contribution in [3.63, 3.8) is 0 Å². The van der Waals surface area contributed by atoms with Crippen LogP contribution in [0.3, 0.4) is 0 Å². The largest absolute Gasteiger partial charge is 0.376 e. The average molecular weight is 265 g/mol. The van der Waals surface area contributed by atoms with Gasteiger partial charge in [0.05, 0.1) is 0 Å². The van der Waals surface area contributed by atoms with Crippen molar-refractivity contribution in [3.8, 4) is 0 Å². The van der Waals surface area contributed by atoms with Gasteiger partial charge in [-0.05, 0) is 55.7 Å². The van der Waals surface area contributed by atoms with Gasteiger partial charge >= 0.3 is 0 Å². The van der Waals surface area contributed by atoms with Crippen LogP contribution < -0.4 is 16.4 Å². The Morgan fingerprint density at radius 1 is 1.28 bits per heavy atom. The fourth-order valence-corrected chi connectivity index (χ4v) is 1.92. The number of hydrogen-bond donors (Lipinski definition) is 3. The molecule has 0 saturated heterocycles. The highest BCUT2D eigenvalue weighted by molar-refractivity contribution is 7.80. The van der Waals surface area contributed by atoms with E-state index in [0.29, 0.717) is 6.42 Å². The maximum atomic E-state index is 11.6. The summed E-state index contributed by atoms with van der Waals surface area (Å²) in [6.07, 6.45) is 1.37. The van der Waals surface area contributed by atoms with Crippen LogP contribution in [-0.4, -0.2) is 11.0 Å². The zero-order valence-electron chi connectivity index (χ0n) is 11.0. The quantitative estimate of drug-likeness (QED) is 0.732. The molecule has 0 saturated carbocycles. The fraction of sp³-hybridized carbons (Fsp3) is 0.385. The van der Waals surface area contributed by atoms with Crippen LogP contribution in [0.15, 0.2) is 12.1 Å². The van der Waals surface area contributed by atoms with Gasteiger partial charge in [-0.3, -0.25) is 4.79 Å².